The van der Waals surface area contributed by atoms with E-state index in [-0.39, 0.29) is 11.8 Å². The molecule has 4 amide bonds. The van der Waals surface area contributed by atoms with Crippen molar-refractivity contribution in [3.8, 4) is 0 Å². The van der Waals surface area contributed by atoms with Gasteiger partial charge in [0.1, 0.15) is 6.04 Å². The monoisotopic (exact) mass is 275 g/mol. The third-order valence-electron chi connectivity index (χ3n) is 3.13. The summed E-state index contributed by atoms with van der Waals surface area (Å²) >= 11 is 0. The molecule has 0 spiro atoms. The molecule has 1 aromatic carbocycles. The van der Waals surface area contributed by atoms with Crippen LogP contribution in [0.2, 0.25) is 0 Å². The van der Waals surface area contributed by atoms with Gasteiger partial charge in [0.2, 0.25) is 5.91 Å². The second-order valence-electron chi connectivity index (χ2n) is 4.70. The van der Waals surface area contributed by atoms with E-state index in [1.165, 1.54) is 7.05 Å². The number of carbonyl (C=O) groups is 3. The van der Waals surface area contributed by atoms with Crippen LogP contribution in [-0.2, 0) is 9.59 Å². The van der Waals surface area contributed by atoms with Gasteiger partial charge in [0.05, 0.1) is 0 Å². The molecule has 1 fully saturated rings. The second kappa shape index (κ2) is 5.73. The van der Waals surface area contributed by atoms with E-state index in [0.29, 0.717) is 17.7 Å². The number of hydrogen-bond donors (Lipinski definition) is 2. The molecule has 1 heterocycles. The van der Waals surface area contributed by atoms with Crippen LogP contribution in [0, 0.1) is 0 Å². The Morgan fingerprint density at radius 3 is 2.75 bits per heavy atom. The first kappa shape index (κ1) is 14.0. The van der Waals surface area contributed by atoms with Gasteiger partial charge in [-0.1, -0.05) is 19.1 Å². The number of urea groups is 1. The third kappa shape index (κ3) is 2.79. The number of hydrogen-bond acceptors (Lipinski definition) is 3. The van der Waals surface area contributed by atoms with Crippen LogP contribution in [0.15, 0.2) is 24.3 Å². The Morgan fingerprint density at radius 2 is 2.15 bits per heavy atom. The number of nitrogens with one attached hydrogen (secondary N) is 2. The lowest BCUT2D eigenvalue weighted by atomic mass is 10.1. The minimum atomic E-state index is -0.685. The van der Waals surface area contributed by atoms with Gasteiger partial charge in [0, 0.05) is 19.2 Å². The molecular formula is C14H17N3O3. The van der Waals surface area contributed by atoms with E-state index in [4.69, 9.17) is 0 Å². The second-order valence-corrected chi connectivity index (χ2v) is 4.70. The lowest BCUT2D eigenvalue weighted by Gasteiger charge is -2.11. The van der Waals surface area contributed by atoms with Gasteiger partial charge in [-0.15, -0.1) is 0 Å². The Bertz CT molecular complexity index is 556. The first-order chi connectivity index (χ1) is 9.52. The summed E-state index contributed by atoms with van der Waals surface area (Å²) < 4.78 is 0. The predicted octanol–water partition coefficient (Wildman–Crippen LogP) is 1.65. The first-order valence-electron chi connectivity index (χ1n) is 6.50. The van der Waals surface area contributed by atoms with E-state index >= 15 is 0 Å². The van der Waals surface area contributed by atoms with Crippen molar-refractivity contribution in [1.82, 2.24) is 10.2 Å². The van der Waals surface area contributed by atoms with Crippen LogP contribution in [0.25, 0.3) is 0 Å². The van der Waals surface area contributed by atoms with E-state index in [1.807, 2.05) is 6.92 Å². The van der Waals surface area contributed by atoms with Gasteiger partial charge in [0.15, 0.2) is 0 Å². The van der Waals surface area contributed by atoms with Crippen LogP contribution < -0.4 is 10.6 Å². The van der Waals surface area contributed by atoms with Crippen molar-refractivity contribution >= 4 is 23.5 Å². The van der Waals surface area contributed by atoms with Crippen molar-refractivity contribution in [2.24, 2.45) is 0 Å². The fraction of sp³-hybridized carbons (Fsp3) is 0.357. The zero-order valence-corrected chi connectivity index (χ0v) is 11.5. The van der Waals surface area contributed by atoms with Gasteiger partial charge < -0.3 is 10.6 Å². The lowest BCUT2D eigenvalue weighted by molar-refractivity contribution is -0.126. The van der Waals surface area contributed by atoms with Crippen molar-refractivity contribution in [2.75, 3.05) is 12.4 Å². The van der Waals surface area contributed by atoms with Crippen molar-refractivity contribution < 1.29 is 14.4 Å². The van der Waals surface area contributed by atoms with Crippen LogP contribution in [0.5, 0.6) is 0 Å². The Hall–Kier alpha value is -2.37. The highest BCUT2D eigenvalue weighted by Crippen LogP contribution is 2.23. The first-order valence-corrected chi connectivity index (χ1v) is 6.50. The number of imide groups is 1. The van der Waals surface area contributed by atoms with Crippen molar-refractivity contribution in [3.63, 3.8) is 0 Å². The topological polar surface area (TPSA) is 78.5 Å². The summed E-state index contributed by atoms with van der Waals surface area (Å²) in [6.45, 7) is 1.93. The molecule has 2 N–H and O–H groups in total. The van der Waals surface area contributed by atoms with E-state index in [0.717, 1.165) is 11.3 Å². The SMILES string of the molecule is CCCC(=O)Nc1cccc(C2NC(=O)N(C)C2=O)c1. The molecular weight excluding hydrogens is 258 g/mol. The molecule has 0 radical (unpaired) electrons. The summed E-state index contributed by atoms with van der Waals surface area (Å²) in [4.78, 5) is 36.0. The van der Waals surface area contributed by atoms with E-state index in [1.54, 1.807) is 24.3 Å². The quantitative estimate of drug-likeness (QED) is 0.820. The number of anilines is 1. The summed E-state index contributed by atoms with van der Waals surface area (Å²) in [6.07, 6.45) is 1.22. The number of rotatable bonds is 4. The molecule has 0 aromatic heterocycles. The maximum absolute atomic E-state index is 11.9. The van der Waals surface area contributed by atoms with Gasteiger partial charge >= 0.3 is 6.03 Å². The van der Waals surface area contributed by atoms with Crippen molar-refractivity contribution in [3.05, 3.63) is 29.8 Å². The molecule has 6 nitrogen and oxygen atoms in total. The molecule has 1 aliphatic rings. The third-order valence-corrected chi connectivity index (χ3v) is 3.13. The molecule has 20 heavy (non-hydrogen) atoms. The molecule has 0 aliphatic carbocycles. The summed E-state index contributed by atoms with van der Waals surface area (Å²) in [7, 11) is 1.44. The van der Waals surface area contributed by atoms with Crippen LogP contribution in [0.1, 0.15) is 31.4 Å². The number of benzene rings is 1. The Labute approximate surface area is 117 Å². The fourth-order valence-corrected chi connectivity index (χ4v) is 2.05. The Balaban J connectivity index is 2.16. The summed E-state index contributed by atoms with van der Waals surface area (Å²) in [6, 6.07) is 5.85. The Morgan fingerprint density at radius 1 is 1.40 bits per heavy atom. The van der Waals surface area contributed by atoms with Gasteiger partial charge in [0.25, 0.3) is 5.91 Å². The highest BCUT2D eigenvalue weighted by Gasteiger charge is 2.36. The minimum absolute atomic E-state index is 0.0662. The van der Waals surface area contributed by atoms with Crippen molar-refractivity contribution in [2.45, 2.75) is 25.8 Å². The molecule has 1 aromatic rings. The lowest BCUT2D eigenvalue weighted by Crippen LogP contribution is -2.25. The highest BCUT2D eigenvalue weighted by molar-refractivity contribution is 6.04. The highest BCUT2D eigenvalue weighted by atomic mass is 16.2. The molecule has 1 saturated heterocycles. The zero-order chi connectivity index (χ0) is 14.7. The maximum atomic E-state index is 11.9. The van der Waals surface area contributed by atoms with Crippen LogP contribution in [0.3, 0.4) is 0 Å². The smallest absolute Gasteiger partial charge is 0.324 e. The zero-order valence-electron chi connectivity index (χ0n) is 11.5. The van der Waals surface area contributed by atoms with Gasteiger partial charge in [-0.05, 0) is 24.1 Å². The van der Waals surface area contributed by atoms with Crippen LogP contribution >= 0.6 is 0 Å². The standard InChI is InChI=1S/C14H17N3O3/c1-3-5-11(18)15-10-7-4-6-9(8-10)12-13(19)17(2)14(20)16-12/h4,6-8,12H,3,5H2,1-2H3,(H,15,18)(H,16,20). The average molecular weight is 275 g/mol. The summed E-state index contributed by atoms with van der Waals surface area (Å²) in [5.74, 6) is -0.365. The Kier molecular flexibility index (Phi) is 4.02. The molecule has 0 bridgehead atoms. The number of likely N-dealkylation sites (N-methyl/N-ethyl adjacent to an activating group) is 1. The van der Waals surface area contributed by atoms with Gasteiger partial charge in [-0.25, -0.2) is 4.79 Å². The number of amides is 4. The maximum Gasteiger partial charge on any atom is 0.324 e. The largest absolute Gasteiger partial charge is 0.326 e. The number of carbonyl (C=O) groups excluding carboxylic acids is 3. The molecule has 106 valence electrons. The summed E-state index contributed by atoms with van der Waals surface area (Å²) in [5, 5.41) is 5.37. The average Bonchev–Trinajstić information content (AvgIpc) is 2.67. The minimum Gasteiger partial charge on any atom is -0.326 e. The molecule has 0 saturated carbocycles. The van der Waals surface area contributed by atoms with Crippen LogP contribution in [-0.4, -0.2) is 29.8 Å². The van der Waals surface area contributed by atoms with Crippen molar-refractivity contribution in [1.29, 1.82) is 0 Å². The molecule has 6 heteroatoms. The molecule has 1 atom stereocenters. The fourth-order valence-electron chi connectivity index (χ4n) is 2.05. The van der Waals surface area contributed by atoms with E-state index < -0.39 is 12.1 Å². The molecule has 2 rings (SSSR count). The van der Waals surface area contributed by atoms with E-state index in [2.05, 4.69) is 10.6 Å². The normalized spacial score (nSPS) is 18.1. The molecule has 1 aliphatic heterocycles. The number of nitrogens with zero attached hydrogens (tertiary/aromatic N) is 1. The predicted molar refractivity (Wildman–Crippen MR) is 74.0 cm³/mol. The van der Waals surface area contributed by atoms with Crippen LogP contribution in [0.4, 0.5) is 10.5 Å². The molecule has 1 unspecified atom stereocenters. The van der Waals surface area contributed by atoms with Gasteiger partial charge in [-0.2, -0.15) is 0 Å². The van der Waals surface area contributed by atoms with Gasteiger partial charge in [-0.3, -0.25) is 14.5 Å². The van der Waals surface area contributed by atoms with E-state index in [9.17, 15) is 14.4 Å². The summed E-state index contributed by atoms with van der Waals surface area (Å²) in [5.41, 5.74) is 1.28.